The van der Waals surface area contributed by atoms with Crippen LogP contribution in [0.5, 0.6) is 11.5 Å². The zero-order chi connectivity index (χ0) is 11.5. The quantitative estimate of drug-likeness (QED) is 0.653. The third-order valence-electron chi connectivity index (χ3n) is 3.08. The van der Waals surface area contributed by atoms with E-state index >= 15 is 0 Å². The predicted octanol–water partition coefficient (Wildman–Crippen LogP) is 1.02. The lowest BCUT2D eigenvalue weighted by molar-refractivity contribution is 0.205. The van der Waals surface area contributed by atoms with E-state index in [1.807, 2.05) is 6.07 Å². The molecule has 0 spiro atoms. The number of nitrogens with two attached hydrogens (primary N) is 1. The summed E-state index contributed by atoms with van der Waals surface area (Å²) in [6.07, 6.45) is 2.06. The molecule has 1 fully saturated rings. The van der Waals surface area contributed by atoms with Crippen LogP contribution < -0.4 is 5.73 Å². The normalized spacial score (nSPS) is 18.8. The van der Waals surface area contributed by atoms with Crippen LogP contribution in [0.25, 0.3) is 0 Å². The van der Waals surface area contributed by atoms with Crippen LogP contribution in [0.4, 0.5) is 0 Å². The summed E-state index contributed by atoms with van der Waals surface area (Å²) >= 11 is 0. The number of nitrogens with zero attached hydrogens (tertiary/aromatic N) is 1. The third-order valence-corrected chi connectivity index (χ3v) is 3.08. The fourth-order valence-corrected chi connectivity index (χ4v) is 2.04. The van der Waals surface area contributed by atoms with Gasteiger partial charge in [0, 0.05) is 12.6 Å². The molecule has 0 radical (unpaired) electrons. The molecule has 88 valence electrons. The molecule has 1 aliphatic rings. The van der Waals surface area contributed by atoms with Crippen LogP contribution in [-0.4, -0.2) is 34.2 Å². The van der Waals surface area contributed by atoms with Gasteiger partial charge >= 0.3 is 0 Å². The van der Waals surface area contributed by atoms with Gasteiger partial charge in [0.05, 0.1) is 0 Å². The number of likely N-dealkylation sites (tertiary alicyclic amines) is 1. The first-order valence-electron chi connectivity index (χ1n) is 5.64. The number of rotatable bonds is 2. The van der Waals surface area contributed by atoms with Gasteiger partial charge in [0.25, 0.3) is 0 Å². The van der Waals surface area contributed by atoms with E-state index in [1.54, 1.807) is 6.07 Å². The second-order valence-corrected chi connectivity index (χ2v) is 4.44. The van der Waals surface area contributed by atoms with Crippen LogP contribution in [-0.2, 0) is 6.54 Å². The third kappa shape index (κ3) is 2.65. The Balaban J connectivity index is 1.96. The van der Waals surface area contributed by atoms with Crippen LogP contribution in [0.15, 0.2) is 18.2 Å². The molecule has 1 aliphatic heterocycles. The molecule has 16 heavy (non-hydrogen) atoms. The number of phenols is 2. The molecule has 4 nitrogen and oxygen atoms in total. The Labute approximate surface area is 95.3 Å². The van der Waals surface area contributed by atoms with Crippen LogP contribution in [0.2, 0.25) is 0 Å². The van der Waals surface area contributed by atoms with E-state index in [4.69, 9.17) is 5.73 Å². The average molecular weight is 222 g/mol. The van der Waals surface area contributed by atoms with Crippen molar-refractivity contribution >= 4 is 0 Å². The van der Waals surface area contributed by atoms with E-state index in [-0.39, 0.29) is 11.5 Å². The number of phenolic OH excluding ortho intramolecular Hbond substituents is 2. The van der Waals surface area contributed by atoms with Crippen molar-refractivity contribution in [2.24, 2.45) is 5.73 Å². The minimum atomic E-state index is -0.0654. The van der Waals surface area contributed by atoms with Crippen molar-refractivity contribution in [3.05, 3.63) is 23.8 Å². The van der Waals surface area contributed by atoms with E-state index in [2.05, 4.69) is 4.90 Å². The van der Waals surface area contributed by atoms with Crippen LogP contribution in [0, 0.1) is 0 Å². The van der Waals surface area contributed by atoms with Gasteiger partial charge in [0.1, 0.15) is 0 Å². The monoisotopic (exact) mass is 222 g/mol. The lowest BCUT2D eigenvalue weighted by Crippen LogP contribution is -2.39. The van der Waals surface area contributed by atoms with Crippen molar-refractivity contribution in [3.63, 3.8) is 0 Å². The number of hydrogen-bond acceptors (Lipinski definition) is 4. The lowest BCUT2D eigenvalue weighted by atomic mass is 10.1. The number of hydrogen-bond donors (Lipinski definition) is 3. The molecule has 0 unspecified atom stereocenters. The summed E-state index contributed by atoms with van der Waals surface area (Å²) in [5.41, 5.74) is 6.85. The number of aromatic hydroxyl groups is 2. The van der Waals surface area contributed by atoms with Gasteiger partial charge in [-0.15, -0.1) is 0 Å². The summed E-state index contributed by atoms with van der Waals surface area (Å²) < 4.78 is 0. The molecule has 2 rings (SSSR count). The largest absolute Gasteiger partial charge is 0.504 e. The molecule has 0 amide bonds. The van der Waals surface area contributed by atoms with E-state index in [0.29, 0.717) is 6.04 Å². The fraction of sp³-hybridized carbons (Fsp3) is 0.500. The van der Waals surface area contributed by atoms with Crippen LogP contribution in [0.1, 0.15) is 18.4 Å². The first-order valence-corrected chi connectivity index (χ1v) is 5.64. The molecule has 1 heterocycles. The van der Waals surface area contributed by atoms with E-state index < -0.39 is 0 Å². The average Bonchev–Trinajstić information content (AvgIpc) is 2.27. The maximum atomic E-state index is 9.38. The predicted molar refractivity (Wildman–Crippen MR) is 62.3 cm³/mol. The highest BCUT2D eigenvalue weighted by atomic mass is 16.3. The van der Waals surface area contributed by atoms with E-state index in [9.17, 15) is 10.2 Å². The Morgan fingerprint density at radius 1 is 1.19 bits per heavy atom. The molecule has 0 saturated carbocycles. The van der Waals surface area contributed by atoms with Gasteiger partial charge in [-0.05, 0) is 43.6 Å². The molecule has 0 aliphatic carbocycles. The van der Waals surface area contributed by atoms with Gasteiger partial charge in [-0.25, -0.2) is 0 Å². The first-order chi connectivity index (χ1) is 7.65. The highest BCUT2D eigenvalue weighted by Crippen LogP contribution is 2.25. The highest BCUT2D eigenvalue weighted by Gasteiger charge is 2.16. The molecule has 1 saturated heterocycles. The molecule has 0 bridgehead atoms. The molecular weight excluding hydrogens is 204 g/mol. The second-order valence-electron chi connectivity index (χ2n) is 4.44. The molecule has 1 aromatic rings. The van der Waals surface area contributed by atoms with Gasteiger partial charge < -0.3 is 15.9 Å². The summed E-state index contributed by atoms with van der Waals surface area (Å²) in [5.74, 6) is -0.115. The van der Waals surface area contributed by atoms with Crippen molar-refractivity contribution < 1.29 is 10.2 Å². The molecular formula is C12H18N2O2. The number of benzene rings is 1. The van der Waals surface area contributed by atoms with Gasteiger partial charge in [-0.2, -0.15) is 0 Å². The smallest absolute Gasteiger partial charge is 0.157 e. The highest BCUT2D eigenvalue weighted by molar-refractivity contribution is 5.40. The topological polar surface area (TPSA) is 69.7 Å². The van der Waals surface area contributed by atoms with Crippen LogP contribution in [0.3, 0.4) is 0 Å². The van der Waals surface area contributed by atoms with Crippen molar-refractivity contribution in [2.75, 3.05) is 13.1 Å². The Kier molecular flexibility index (Phi) is 3.31. The zero-order valence-corrected chi connectivity index (χ0v) is 9.26. The standard InChI is InChI=1S/C12H18N2O2/c13-10-3-5-14(6-4-10)8-9-1-2-11(15)12(16)7-9/h1-2,7,10,15-16H,3-6,8,13H2. The minimum absolute atomic E-state index is 0.0498. The summed E-state index contributed by atoms with van der Waals surface area (Å²) in [4.78, 5) is 2.31. The Bertz CT molecular complexity index is 360. The Morgan fingerprint density at radius 2 is 1.88 bits per heavy atom. The Hall–Kier alpha value is -1.26. The SMILES string of the molecule is NC1CCN(Cc2ccc(O)c(O)c2)CC1. The maximum absolute atomic E-state index is 9.38. The fourth-order valence-electron chi connectivity index (χ4n) is 2.04. The zero-order valence-electron chi connectivity index (χ0n) is 9.26. The van der Waals surface area contributed by atoms with Crippen molar-refractivity contribution in [2.45, 2.75) is 25.4 Å². The van der Waals surface area contributed by atoms with E-state index in [0.717, 1.165) is 38.0 Å². The van der Waals surface area contributed by atoms with Crippen molar-refractivity contribution in [1.82, 2.24) is 4.90 Å². The molecule has 0 atom stereocenters. The van der Waals surface area contributed by atoms with Crippen molar-refractivity contribution in [1.29, 1.82) is 0 Å². The molecule has 4 heteroatoms. The summed E-state index contributed by atoms with van der Waals surface area (Å²) in [7, 11) is 0. The summed E-state index contributed by atoms with van der Waals surface area (Å²) in [6, 6.07) is 5.32. The van der Waals surface area contributed by atoms with Gasteiger partial charge in [-0.1, -0.05) is 6.07 Å². The lowest BCUT2D eigenvalue weighted by Gasteiger charge is -2.30. The minimum Gasteiger partial charge on any atom is -0.504 e. The van der Waals surface area contributed by atoms with E-state index in [1.165, 1.54) is 6.07 Å². The van der Waals surface area contributed by atoms with Gasteiger partial charge in [0.2, 0.25) is 0 Å². The Morgan fingerprint density at radius 3 is 2.50 bits per heavy atom. The summed E-state index contributed by atoms with van der Waals surface area (Å²) in [6.45, 7) is 2.81. The number of piperidine rings is 1. The summed E-state index contributed by atoms with van der Waals surface area (Å²) in [5, 5.41) is 18.6. The van der Waals surface area contributed by atoms with Crippen LogP contribution >= 0.6 is 0 Å². The van der Waals surface area contributed by atoms with Crippen molar-refractivity contribution in [3.8, 4) is 11.5 Å². The van der Waals surface area contributed by atoms with Gasteiger partial charge in [-0.3, -0.25) is 4.90 Å². The molecule has 1 aromatic carbocycles. The molecule has 4 N–H and O–H groups in total. The molecule has 0 aromatic heterocycles. The first kappa shape index (κ1) is 11.2. The second kappa shape index (κ2) is 4.72. The van der Waals surface area contributed by atoms with Gasteiger partial charge in [0.15, 0.2) is 11.5 Å². The maximum Gasteiger partial charge on any atom is 0.157 e.